The van der Waals surface area contributed by atoms with Crippen LogP contribution < -0.4 is 5.32 Å². The molecule has 3 amide bonds. The highest BCUT2D eigenvalue weighted by molar-refractivity contribution is 5.92. The van der Waals surface area contributed by atoms with E-state index in [0.717, 1.165) is 5.69 Å². The number of carbonyl (C=O) groups is 2. The summed E-state index contributed by atoms with van der Waals surface area (Å²) in [5.41, 5.74) is 1.72. The maximum Gasteiger partial charge on any atom is 0.322 e. The van der Waals surface area contributed by atoms with Crippen LogP contribution in [0.2, 0.25) is 0 Å². The van der Waals surface area contributed by atoms with Gasteiger partial charge in [-0.3, -0.25) is 4.79 Å². The van der Waals surface area contributed by atoms with Gasteiger partial charge in [-0.1, -0.05) is 18.2 Å². The van der Waals surface area contributed by atoms with E-state index in [4.69, 9.17) is 4.74 Å². The fourth-order valence-electron chi connectivity index (χ4n) is 2.80. The molecule has 0 saturated heterocycles. The smallest absolute Gasteiger partial charge is 0.322 e. The summed E-state index contributed by atoms with van der Waals surface area (Å²) in [6, 6.07) is 12.7. The standard InChI is InChI=1S/C21H30N4O3/c1-17(2)25(21(27)22-18-9-6-5-7-10-18)16-20(26)24(13-14-28-4)15-19-11-8-12-23(19)3/h5-12,17H,13-16H2,1-4H3,(H,22,27). The molecule has 0 radical (unpaired) electrons. The van der Waals surface area contributed by atoms with Crippen LogP contribution in [0.3, 0.4) is 0 Å². The van der Waals surface area contributed by atoms with Crippen molar-refractivity contribution in [1.29, 1.82) is 0 Å². The molecule has 0 aliphatic carbocycles. The van der Waals surface area contributed by atoms with E-state index >= 15 is 0 Å². The lowest BCUT2D eigenvalue weighted by Crippen LogP contribution is -2.48. The van der Waals surface area contributed by atoms with Crippen molar-refractivity contribution in [1.82, 2.24) is 14.4 Å². The average Bonchev–Trinajstić information content (AvgIpc) is 3.07. The number of nitrogens with zero attached hydrogens (tertiary/aromatic N) is 3. The van der Waals surface area contributed by atoms with E-state index in [2.05, 4.69) is 5.32 Å². The highest BCUT2D eigenvalue weighted by atomic mass is 16.5. The van der Waals surface area contributed by atoms with Crippen LogP contribution >= 0.6 is 0 Å². The largest absolute Gasteiger partial charge is 0.383 e. The molecule has 0 bridgehead atoms. The third-order valence-electron chi connectivity index (χ3n) is 4.54. The molecule has 0 unspecified atom stereocenters. The molecule has 152 valence electrons. The summed E-state index contributed by atoms with van der Waals surface area (Å²) in [6.07, 6.45) is 1.95. The predicted octanol–water partition coefficient (Wildman–Crippen LogP) is 2.94. The molecular formula is C21H30N4O3. The van der Waals surface area contributed by atoms with Crippen molar-refractivity contribution >= 4 is 17.6 Å². The molecule has 0 saturated carbocycles. The van der Waals surface area contributed by atoms with Gasteiger partial charge in [0.25, 0.3) is 0 Å². The minimum atomic E-state index is -0.292. The molecule has 7 heteroatoms. The van der Waals surface area contributed by atoms with Gasteiger partial charge in [0.1, 0.15) is 6.54 Å². The summed E-state index contributed by atoms with van der Waals surface area (Å²) >= 11 is 0. The molecule has 2 rings (SSSR count). The first-order chi connectivity index (χ1) is 13.4. The number of hydrogen-bond acceptors (Lipinski definition) is 3. The highest BCUT2D eigenvalue weighted by Crippen LogP contribution is 2.11. The van der Waals surface area contributed by atoms with Gasteiger partial charge in [-0.15, -0.1) is 0 Å². The number of hydrogen-bond donors (Lipinski definition) is 1. The van der Waals surface area contributed by atoms with Gasteiger partial charge in [-0.25, -0.2) is 4.79 Å². The van der Waals surface area contributed by atoms with Crippen LogP contribution in [0.4, 0.5) is 10.5 Å². The summed E-state index contributed by atoms with van der Waals surface area (Å²) in [7, 11) is 3.56. The number of benzene rings is 1. The molecule has 2 aromatic rings. The third kappa shape index (κ3) is 6.13. The van der Waals surface area contributed by atoms with E-state index in [1.807, 2.05) is 74.1 Å². The van der Waals surface area contributed by atoms with Gasteiger partial charge in [0.05, 0.1) is 13.2 Å². The molecule has 0 fully saturated rings. The number of amides is 3. The van der Waals surface area contributed by atoms with Crippen LogP contribution in [-0.2, 0) is 23.1 Å². The number of aromatic nitrogens is 1. The maximum absolute atomic E-state index is 13.0. The first-order valence-electron chi connectivity index (χ1n) is 9.42. The zero-order chi connectivity index (χ0) is 20.5. The van der Waals surface area contributed by atoms with Crippen molar-refractivity contribution in [2.45, 2.75) is 26.4 Å². The van der Waals surface area contributed by atoms with E-state index < -0.39 is 0 Å². The number of methoxy groups -OCH3 is 1. The van der Waals surface area contributed by atoms with E-state index in [1.54, 1.807) is 16.9 Å². The second kappa shape index (κ2) is 10.5. The van der Waals surface area contributed by atoms with E-state index in [1.165, 1.54) is 0 Å². The lowest BCUT2D eigenvalue weighted by Gasteiger charge is -2.30. The molecule has 7 nitrogen and oxygen atoms in total. The summed E-state index contributed by atoms with van der Waals surface area (Å²) in [6.45, 7) is 5.17. The van der Waals surface area contributed by atoms with Crippen LogP contribution in [0.5, 0.6) is 0 Å². The highest BCUT2D eigenvalue weighted by Gasteiger charge is 2.24. The average molecular weight is 386 g/mol. The number of rotatable bonds is 9. The Balaban J connectivity index is 2.08. The monoisotopic (exact) mass is 386 g/mol. The van der Waals surface area contributed by atoms with E-state index in [-0.39, 0.29) is 24.5 Å². The molecule has 0 spiro atoms. The van der Waals surface area contributed by atoms with Gasteiger partial charge in [-0.2, -0.15) is 0 Å². The molecule has 28 heavy (non-hydrogen) atoms. The first-order valence-corrected chi connectivity index (χ1v) is 9.42. The van der Waals surface area contributed by atoms with Crippen LogP contribution in [0, 0.1) is 0 Å². The lowest BCUT2D eigenvalue weighted by atomic mass is 10.3. The van der Waals surface area contributed by atoms with Crippen molar-refractivity contribution in [2.24, 2.45) is 7.05 Å². The number of ether oxygens (including phenoxy) is 1. The van der Waals surface area contributed by atoms with Crippen molar-refractivity contribution in [3.63, 3.8) is 0 Å². The number of aryl methyl sites for hydroxylation is 1. The molecule has 1 N–H and O–H groups in total. The van der Waals surface area contributed by atoms with Crippen LogP contribution in [0.1, 0.15) is 19.5 Å². The zero-order valence-corrected chi connectivity index (χ0v) is 17.1. The Hall–Kier alpha value is -2.80. The van der Waals surface area contributed by atoms with Gasteiger partial charge in [0.15, 0.2) is 0 Å². The van der Waals surface area contributed by atoms with E-state index in [0.29, 0.717) is 25.4 Å². The number of urea groups is 1. The Labute approximate surface area is 166 Å². The summed E-state index contributed by atoms with van der Waals surface area (Å²) in [5.74, 6) is -0.116. The first kappa shape index (κ1) is 21.5. The van der Waals surface area contributed by atoms with Crippen LogP contribution in [0.25, 0.3) is 0 Å². The Morgan fingerprint density at radius 3 is 2.43 bits per heavy atom. The van der Waals surface area contributed by atoms with Gasteiger partial charge < -0.3 is 24.4 Å². The quantitative estimate of drug-likeness (QED) is 0.721. The Kier molecular flexibility index (Phi) is 8.07. The SMILES string of the molecule is COCCN(Cc1cccn1C)C(=O)CN(C(=O)Nc1ccccc1)C(C)C. The molecular weight excluding hydrogens is 356 g/mol. The Bertz CT molecular complexity index is 758. The second-order valence-corrected chi connectivity index (χ2v) is 6.94. The molecule has 0 atom stereocenters. The van der Waals surface area contributed by atoms with E-state index in [9.17, 15) is 9.59 Å². The Morgan fingerprint density at radius 1 is 1.14 bits per heavy atom. The van der Waals surface area contributed by atoms with Crippen molar-refractivity contribution in [3.8, 4) is 0 Å². The van der Waals surface area contributed by atoms with Gasteiger partial charge in [-0.05, 0) is 38.1 Å². The van der Waals surface area contributed by atoms with Crippen molar-refractivity contribution < 1.29 is 14.3 Å². The molecule has 1 heterocycles. The molecule has 1 aromatic heterocycles. The topological polar surface area (TPSA) is 66.8 Å². The maximum atomic E-state index is 13.0. The third-order valence-corrected chi connectivity index (χ3v) is 4.54. The lowest BCUT2D eigenvalue weighted by molar-refractivity contribution is -0.133. The fraction of sp³-hybridized carbons (Fsp3) is 0.429. The summed E-state index contributed by atoms with van der Waals surface area (Å²) in [4.78, 5) is 29.0. The second-order valence-electron chi connectivity index (χ2n) is 6.94. The number of anilines is 1. The Morgan fingerprint density at radius 2 is 1.86 bits per heavy atom. The predicted molar refractivity (Wildman–Crippen MR) is 110 cm³/mol. The van der Waals surface area contributed by atoms with Gasteiger partial charge in [0.2, 0.25) is 5.91 Å². The van der Waals surface area contributed by atoms with Gasteiger partial charge >= 0.3 is 6.03 Å². The van der Waals surface area contributed by atoms with Crippen LogP contribution in [-0.4, -0.2) is 59.2 Å². The van der Waals surface area contributed by atoms with Crippen molar-refractivity contribution in [3.05, 3.63) is 54.4 Å². The number of para-hydroxylation sites is 1. The zero-order valence-electron chi connectivity index (χ0n) is 17.1. The fourth-order valence-corrected chi connectivity index (χ4v) is 2.80. The molecule has 0 aliphatic heterocycles. The van der Waals surface area contributed by atoms with Gasteiger partial charge in [0, 0.05) is 44.3 Å². The molecule has 1 aromatic carbocycles. The summed E-state index contributed by atoms with van der Waals surface area (Å²) < 4.78 is 7.14. The normalized spacial score (nSPS) is 10.8. The molecule has 0 aliphatic rings. The summed E-state index contributed by atoms with van der Waals surface area (Å²) in [5, 5.41) is 2.85. The van der Waals surface area contributed by atoms with Crippen LogP contribution in [0.15, 0.2) is 48.7 Å². The minimum Gasteiger partial charge on any atom is -0.383 e. The van der Waals surface area contributed by atoms with Crippen molar-refractivity contribution in [2.75, 3.05) is 32.1 Å². The number of nitrogens with one attached hydrogen (secondary N) is 1. The number of carbonyl (C=O) groups excluding carboxylic acids is 2. The minimum absolute atomic E-state index is 0.00444.